The van der Waals surface area contributed by atoms with Gasteiger partial charge in [-0.2, -0.15) is 0 Å². The lowest BCUT2D eigenvalue weighted by Gasteiger charge is -2.37. The third kappa shape index (κ3) is 2.33. The minimum Gasteiger partial charge on any atom is -0.336 e. The lowest BCUT2D eigenvalue weighted by atomic mass is 10.1. The van der Waals surface area contributed by atoms with E-state index in [0.717, 1.165) is 12.8 Å². The summed E-state index contributed by atoms with van der Waals surface area (Å²) in [4.78, 5) is 13.9. The molecule has 0 unspecified atom stereocenters. The number of rotatable bonds is 2. The molecule has 0 aromatic rings. The van der Waals surface area contributed by atoms with Crippen molar-refractivity contribution in [1.82, 2.24) is 10.2 Å². The second kappa shape index (κ2) is 3.95. The molecule has 2 heterocycles. The maximum atomic E-state index is 12.1. The molecule has 3 aliphatic rings. The van der Waals surface area contributed by atoms with Crippen molar-refractivity contribution in [1.29, 1.82) is 0 Å². The molecular formula is C11H18N2O3S. The smallest absolute Gasteiger partial charge is 0.223 e. The van der Waals surface area contributed by atoms with Gasteiger partial charge in [0.05, 0.1) is 17.5 Å². The lowest BCUT2D eigenvalue weighted by Crippen LogP contribution is -2.59. The lowest BCUT2D eigenvalue weighted by molar-refractivity contribution is -0.134. The predicted octanol–water partition coefficient (Wildman–Crippen LogP) is -0.616. The first-order valence-electron chi connectivity index (χ1n) is 6.28. The molecule has 0 aromatic heterocycles. The van der Waals surface area contributed by atoms with Crippen LogP contribution >= 0.6 is 0 Å². The highest BCUT2D eigenvalue weighted by Crippen LogP contribution is 2.34. The van der Waals surface area contributed by atoms with Crippen molar-refractivity contribution >= 4 is 15.7 Å². The van der Waals surface area contributed by atoms with Gasteiger partial charge in [0.1, 0.15) is 0 Å². The summed E-state index contributed by atoms with van der Waals surface area (Å²) in [7, 11) is -2.96. The Morgan fingerprint density at radius 3 is 2.76 bits per heavy atom. The van der Waals surface area contributed by atoms with Gasteiger partial charge in [-0.3, -0.25) is 4.79 Å². The molecule has 0 aromatic carbocycles. The Morgan fingerprint density at radius 1 is 1.29 bits per heavy atom. The number of hydrogen-bond acceptors (Lipinski definition) is 4. The standard InChI is InChI=1S/C11H18N2O3S/c14-11(5-8-1-2-8)13-4-3-12-9-6-17(15,16)7-10(9)13/h8-10,12H,1-7H2/t9-,10+/m1/s1. The SMILES string of the molecule is O=C(CC1CC1)N1CCN[C@@H]2CS(=O)(=O)C[C@@H]21. The Morgan fingerprint density at radius 2 is 2.06 bits per heavy atom. The van der Waals surface area contributed by atoms with E-state index in [0.29, 0.717) is 25.4 Å². The van der Waals surface area contributed by atoms with E-state index >= 15 is 0 Å². The van der Waals surface area contributed by atoms with Crippen LogP contribution in [0.3, 0.4) is 0 Å². The number of carbonyl (C=O) groups is 1. The average Bonchev–Trinajstić information content (AvgIpc) is 2.97. The summed E-state index contributed by atoms with van der Waals surface area (Å²) < 4.78 is 23.2. The van der Waals surface area contributed by atoms with Crippen molar-refractivity contribution in [2.45, 2.75) is 31.3 Å². The maximum absolute atomic E-state index is 12.1. The highest BCUT2D eigenvalue weighted by Gasteiger charge is 2.44. The Kier molecular flexibility index (Phi) is 2.66. The van der Waals surface area contributed by atoms with Gasteiger partial charge in [-0.05, 0) is 18.8 Å². The van der Waals surface area contributed by atoms with Crippen LogP contribution in [0.15, 0.2) is 0 Å². The number of piperazine rings is 1. The molecule has 0 radical (unpaired) electrons. The highest BCUT2D eigenvalue weighted by molar-refractivity contribution is 7.91. The van der Waals surface area contributed by atoms with E-state index in [1.807, 2.05) is 4.90 Å². The molecule has 1 amide bonds. The third-order valence-electron chi connectivity index (χ3n) is 3.96. The van der Waals surface area contributed by atoms with Crippen LogP contribution < -0.4 is 5.32 Å². The molecule has 3 fully saturated rings. The summed E-state index contributed by atoms with van der Waals surface area (Å²) in [6.07, 6.45) is 2.93. The van der Waals surface area contributed by atoms with Crippen LogP contribution in [-0.4, -0.2) is 55.9 Å². The number of carbonyl (C=O) groups excluding carboxylic acids is 1. The van der Waals surface area contributed by atoms with E-state index in [1.54, 1.807) is 0 Å². The van der Waals surface area contributed by atoms with Gasteiger partial charge in [0.15, 0.2) is 9.84 Å². The van der Waals surface area contributed by atoms with E-state index in [-0.39, 0.29) is 29.5 Å². The summed E-state index contributed by atoms with van der Waals surface area (Å²) >= 11 is 0. The molecule has 17 heavy (non-hydrogen) atoms. The first-order chi connectivity index (χ1) is 8.05. The summed E-state index contributed by atoms with van der Waals surface area (Å²) in [6.45, 7) is 1.37. The van der Waals surface area contributed by atoms with Crippen LogP contribution in [0.25, 0.3) is 0 Å². The minimum absolute atomic E-state index is 0.0445. The van der Waals surface area contributed by atoms with Crippen LogP contribution in [0.5, 0.6) is 0 Å². The van der Waals surface area contributed by atoms with Crippen LogP contribution in [0, 0.1) is 5.92 Å². The van der Waals surface area contributed by atoms with Crippen LogP contribution in [-0.2, 0) is 14.6 Å². The molecule has 2 saturated heterocycles. The number of hydrogen-bond donors (Lipinski definition) is 1. The zero-order valence-electron chi connectivity index (χ0n) is 9.76. The number of amides is 1. The van der Waals surface area contributed by atoms with Crippen molar-refractivity contribution in [2.75, 3.05) is 24.6 Å². The first kappa shape index (κ1) is 11.5. The predicted molar refractivity (Wildman–Crippen MR) is 63.3 cm³/mol. The molecule has 1 N–H and O–H groups in total. The summed E-state index contributed by atoms with van der Waals surface area (Å²) in [5, 5.41) is 3.22. The number of sulfone groups is 1. The van der Waals surface area contributed by atoms with Crippen molar-refractivity contribution in [3.05, 3.63) is 0 Å². The Hall–Kier alpha value is -0.620. The van der Waals surface area contributed by atoms with E-state index in [4.69, 9.17) is 0 Å². The molecule has 0 bridgehead atoms. The Labute approximate surface area is 101 Å². The summed E-state index contributed by atoms with van der Waals surface area (Å²) in [5.74, 6) is 1.04. The van der Waals surface area contributed by atoms with Gasteiger partial charge in [0, 0.05) is 25.6 Å². The molecule has 2 atom stereocenters. The maximum Gasteiger partial charge on any atom is 0.223 e. The van der Waals surface area contributed by atoms with E-state index in [1.165, 1.54) is 0 Å². The fourth-order valence-corrected chi connectivity index (χ4v) is 4.82. The van der Waals surface area contributed by atoms with Crippen LogP contribution in [0.4, 0.5) is 0 Å². The normalized spacial score (nSPS) is 35.6. The molecule has 96 valence electrons. The zero-order valence-corrected chi connectivity index (χ0v) is 10.6. The quantitative estimate of drug-likeness (QED) is 0.717. The summed E-state index contributed by atoms with van der Waals surface area (Å²) in [6, 6.07) is -0.170. The van der Waals surface area contributed by atoms with Crippen molar-refractivity contribution in [3.8, 4) is 0 Å². The Bertz CT molecular complexity index is 430. The molecular weight excluding hydrogens is 240 g/mol. The fraction of sp³-hybridized carbons (Fsp3) is 0.909. The van der Waals surface area contributed by atoms with Gasteiger partial charge in [-0.1, -0.05) is 0 Å². The molecule has 2 aliphatic heterocycles. The van der Waals surface area contributed by atoms with E-state index < -0.39 is 9.84 Å². The molecule has 1 aliphatic carbocycles. The minimum atomic E-state index is -2.96. The first-order valence-corrected chi connectivity index (χ1v) is 8.10. The molecule has 1 saturated carbocycles. The third-order valence-corrected chi connectivity index (χ3v) is 5.68. The number of fused-ring (bicyclic) bond motifs is 1. The topological polar surface area (TPSA) is 66.5 Å². The highest BCUT2D eigenvalue weighted by atomic mass is 32.2. The largest absolute Gasteiger partial charge is 0.336 e. The second-order valence-corrected chi connectivity index (χ2v) is 7.59. The Balaban J connectivity index is 1.73. The zero-order chi connectivity index (χ0) is 12.0. The van der Waals surface area contributed by atoms with E-state index in [9.17, 15) is 13.2 Å². The molecule has 5 nitrogen and oxygen atoms in total. The number of nitrogens with one attached hydrogen (secondary N) is 1. The van der Waals surface area contributed by atoms with Crippen molar-refractivity contribution in [2.24, 2.45) is 5.92 Å². The average molecular weight is 258 g/mol. The number of nitrogens with zero attached hydrogens (tertiary/aromatic N) is 1. The monoisotopic (exact) mass is 258 g/mol. The van der Waals surface area contributed by atoms with Crippen LogP contribution in [0.1, 0.15) is 19.3 Å². The van der Waals surface area contributed by atoms with Crippen molar-refractivity contribution in [3.63, 3.8) is 0 Å². The van der Waals surface area contributed by atoms with Crippen molar-refractivity contribution < 1.29 is 13.2 Å². The fourth-order valence-electron chi connectivity index (χ4n) is 2.86. The molecule has 3 rings (SSSR count). The van der Waals surface area contributed by atoms with Gasteiger partial charge >= 0.3 is 0 Å². The summed E-state index contributed by atoms with van der Waals surface area (Å²) in [5.41, 5.74) is 0. The molecule has 6 heteroatoms. The van der Waals surface area contributed by atoms with Crippen LogP contribution in [0.2, 0.25) is 0 Å². The van der Waals surface area contributed by atoms with Gasteiger partial charge in [-0.25, -0.2) is 8.42 Å². The van der Waals surface area contributed by atoms with Gasteiger partial charge in [0.2, 0.25) is 5.91 Å². The molecule has 0 spiro atoms. The van der Waals surface area contributed by atoms with E-state index in [2.05, 4.69) is 5.32 Å². The second-order valence-electron chi connectivity index (χ2n) is 5.44. The van der Waals surface area contributed by atoms with Gasteiger partial charge < -0.3 is 10.2 Å². The van der Waals surface area contributed by atoms with Gasteiger partial charge in [0.25, 0.3) is 0 Å². The van der Waals surface area contributed by atoms with Gasteiger partial charge in [-0.15, -0.1) is 0 Å².